The minimum absolute atomic E-state index is 0.106. The van der Waals surface area contributed by atoms with Crippen molar-refractivity contribution in [2.24, 2.45) is 0 Å². The Morgan fingerprint density at radius 2 is 1.71 bits per heavy atom. The Bertz CT molecular complexity index is 778. The van der Waals surface area contributed by atoms with E-state index >= 15 is 0 Å². The van der Waals surface area contributed by atoms with Crippen molar-refractivity contribution in [3.05, 3.63) is 36.2 Å². The number of carbonyl (C=O) groups excluding carboxylic acids is 3. The highest BCUT2D eigenvalue weighted by molar-refractivity contribution is 5.97. The Labute approximate surface area is 138 Å². The molecule has 0 unspecified atom stereocenters. The maximum atomic E-state index is 12.2. The van der Waals surface area contributed by atoms with Gasteiger partial charge in [0.15, 0.2) is 0 Å². The number of aromatic nitrogens is 2. The van der Waals surface area contributed by atoms with E-state index in [4.69, 9.17) is 0 Å². The van der Waals surface area contributed by atoms with E-state index in [0.29, 0.717) is 11.0 Å². The number of nitrogens with one attached hydrogen (secondary N) is 2. The highest BCUT2D eigenvalue weighted by atomic mass is 16.5. The highest BCUT2D eigenvalue weighted by Crippen LogP contribution is 2.08. The van der Waals surface area contributed by atoms with Crippen molar-refractivity contribution in [2.45, 2.75) is 25.9 Å². The van der Waals surface area contributed by atoms with Gasteiger partial charge in [0.25, 0.3) is 5.91 Å². The quantitative estimate of drug-likeness (QED) is 0.769. The number of methoxy groups -OCH3 is 1. The smallest absolute Gasteiger partial charge is 0.328 e. The van der Waals surface area contributed by atoms with Gasteiger partial charge in [0.05, 0.1) is 24.3 Å². The number of hydrogen-bond donors (Lipinski definition) is 2. The SMILES string of the molecule is COC(=O)[C@@H](C)NC(=O)[C@H](C)NC(=O)c1cnc2ccccc2n1. The number of carbonyl (C=O) groups is 3. The number of benzene rings is 1. The number of ether oxygens (including phenoxy) is 1. The third kappa shape index (κ3) is 4.03. The Hall–Kier alpha value is -3.03. The van der Waals surface area contributed by atoms with Gasteiger partial charge in [-0.3, -0.25) is 14.6 Å². The largest absolute Gasteiger partial charge is 0.467 e. The molecule has 1 aromatic carbocycles. The van der Waals surface area contributed by atoms with Crippen LogP contribution >= 0.6 is 0 Å². The lowest BCUT2D eigenvalue weighted by Crippen LogP contribution is -2.49. The van der Waals surface area contributed by atoms with Gasteiger partial charge >= 0.3 is 5.97 Å². The van der Waals surface area contributed by atoms with Crippen molar-refractivity contribution >= 4 is 28.8 Å². The van der Waals surface area contributed by atoms with Crippen LogP contribution in [-0.2, 0) is 14.3 Å². The molecular formula is C16H18N4O4. The lowest BCUT2D eigenvalue weighted by molar-refractivity contribution is -0.144. The fourth-order valence-electron chi connectivity index (χ4n) is 1.98. The van der Waals surface area contributed by atoms with Crippen LogP contribution < -0.4 is 10.6 Å². The number of para-hydroxylation sites is 2. The molecule has 2 atom stereocenters. The van der Waals surface area contributed by atoms with Crippen LogP contribution in [-0.4, -0.2) is 46.9 Å². The number of rotatable bonds is 5. The number of amides is 2. The summed E-state index contributed by atoms with van der Waals surface area (Å²) in [6.07, 6.45) is 1.35. The topological polar surface area (TPSA) is 110 Å². The Morgan fingerprint density at radius 1 is 1.04 bits per heavy atom. The Kier molecular flexibility index (Phi) is 5.41. The van der Waals surface area contributed by atoms with Gasteiger partial charge in [-0.1, -0.05) is 12.1 Å². The maximum Gasteiger partial charge on any atom is 0.328 e. The fraction of sp³-hybridized carbons (Fsp3) is 0.312. The molecule has 2 aromatic rings. The van der Waals surface area contributed by atoms with Crippen LogP contribution in [0.15, 0.2) is 30.5 Å². The van der Waals surface area contributed by atoms with Crippen LogP contribution in [0.5, 0.6) is 0 Å². The van der Waals surface area contributed by atoms with Crippen LogP contribution in [0, 0.1) is 0 Å². The van der Waals surface area contributed by atoms with Gasteiger partial charge < -0.3 is 15.4 Å². The summed E-state index contributed by atoms with van der Waals surface area (Å²) in [5.74, 6) is -1.60. The molecular weight excluding hydrogens is 312 g/mol. The maximum absolute atomic E-state index is 12.2. The third-order valence-electron chi connectivity index (χ3n) is 3.34. The summed E-state index contributed by atoms with van der Waals surface area (Å²) in [4.78, 5) is 43.8. The van der Waals surface area contributed by atoms with Gasteiger partial charge in [-0.05, 0) is 26.0 Å². The second-order valence-electron chi connectivity index (χ2n) is 5.19. The summed E-state index contributed by atoms with van der Waals surface area (Å²) in [6.45, 7) is 3.00. The molecule has 0 bridgehead atoms. The van der Waals surface area contributed by atoms with E-state index in [1.807, 2.05) is 6.07 Å². The average Bonchev–Trinajstić information content (AvgIpc) is 2.60. The first kappa shape index (κ1) is 17.3. The van der Waals surface area contributed by atoms with E-state index in [1.165, 1.54) is 27.2 Å². The lowest BCUT2D eigenvalue weighted by Gasteiger charge is -2.17. The number of esters is 1. The molecule has 0 saturated heterocycles. The van der Waals surface area contributed by atoms with E-state index in [2.05, 4.69) is 25.3 Å². The average molecular weight is 330 g/mol. The van der Waals surface area contributed by atoms with Crippen molar-refractivity contribution in [2.75, 3.05) is 7.11 Å². The summed E-state index contributed by atoms with van der Waals surface area (Å²) in [7, 11) is 1.23. The first-order valence-corrected chi connectivity index (χ1v) is 7.33. The zero-order valence-electron chi connectivity index (χ0n) is 13.6. The van der Waals surface area contributed by atoms with Crippen molar-refractivity contribution in [1.29, 1.82) is 0 Å². The zero-order valence-corrected chi connectivity index (χ0v) is 13.6. The van der Waals surface area contributed by atoms with Gasteiger partial charge in [0.1, 0.15) is 17.8 Å². The van der Waals surface area contributed by atoms with Crippen LogP contribution in [0.1, 0.15) is 24.3 Å². The van der Waals surface area contributed by atoms with Gasteiger partial charge in [-0.25, -0.2) is 9.78 Å². The number of nitrogens with zero attached hydrogens (tertiary/aromatic N) is 2. The molecule has 24 heavy (non-hydrogen) atoms. The first-order chi connectivity index (χ1) is 11.4. The number of fused-ring (bicyclic) bond motifs is 1. The molecule has 1 heterocycles. The Morgan fingerprint density at radius 3 is 2.38 bits per heavy atom. The van der Waals surface area contributed by atoms with E-state index < -0.39 is 29.9 Å². The third-order valence-corrected chi connectivity index (χ3v) is 3.34. The summed E-state index contributed by atoms with van der Waals surface area (Å²) < 4.78 is 4.52. The van der Waals surface area contributed by atoms with Gasteiger partial charge in [0, 0.05) is 0 Å². The predicted octanol–water partition coefficient (Wildman–Crippen LogP) is 0.426. The standard InChI is InChI=1S/C16H18N4O4/c1-9(14(21)19-10(2)16(23)24-3)18-15(22)13-8-17-11-6-4-5-7-12(11)20-13/h4-10H,1-3H3,(H,18,22)(H,19,21)/t9-,10+/m0/s1. The van der Waals surface area contributed by atoms with E-state index in [-0.39, 0.29) is 5.69 Å². The minimum Gasteiger partial charge on any atom is -0.467 e. The van der Waals surface area contributed by atoms with Gasteiger partial charge in [-0.2, -0.15) is 0 Å². The lowest BCUT2D eigenvalue weighted by atomic mass is 10.2. The molecule has 0 aliphatic heterocycles. The van der Waals surface area contributed by atoms with Crippen LogP contribution in [0.2, 0.25) is 0 Å². The Balaban J connectivity index is 2.01. The molecule has 0 fully saturated rings. The van der Waals surface area contributed by atoms with Crippen LogP contribution in [0.3, 0.4) is 0 Å². The summed E-state index contributed by atoms with van der Waals surface area (Å²) in [5, 5.41) is 4.97. The summed E-state index contributed by atoms with van der Waals surface area (Å²) >= 11 is 0. The van der Waals surface area contributed by atoms with Crippen molar-refractivity contribution < 1.29 is 19.1 Å². The van der Waals surface area contributed by atoms with E-state index in [9.17, 15) is 14.4 Å². The number of hydrogen-bond acceptors (Lipinski definition) is 6. The molecule has 126 valence electrons. The molecule has 0 aliphatic carbocycles. The molecule has 2 amide bonds. The molecule has 2 N–H and O–H groups in total. The molecule has 0 aliphatic rings. The minimum atomic E-state index is -0.849. The van der Waals surface area contributed by atoms with Crippen LogP contribution in [0.25, 0.3) is 11.0 Å². The molecule has 8 nitrogen and oxygen atoms in total. The molecule has 8 heteroatoms. The van der Waals surface area contributed by atoms with Crippen molar-refractivity contribution in [3.63, 3.8) is 0 Å². The van der Waals surface area contributed by atoms with Gasteiger partial charge in [0.2, 0.25) is 5.91 Å². The normalized spacial score (nSPS) is 13.0. The van der Waals surface area contributed by atoms with Crippen LogP contribution in [0.4, 0.5) is 0 Å². The van der Waals surface area contributed by atoms with Gasteiger partial charge in [-0.15, -0.1) is 0 Å². The molecule has 0 spiro atoms. The second kappa shape index (κ2) is 7.49. The summed E-state index contributed by atoms with van der Waals surface area (Å²) in [5.41, 5.74) is 1.36. The van der Waals surface area contributed by atoms with E-state index in [1.54, 1.807) is 18.2 Å². The first-order valence-electron chi connectivity index (χ1n) is 7.33. The fourth-order valence-corrected chi connectivity index (χ4v) is 1.98. The predicted molar refractivity (Wildman–Crippen MR) is 86.1 cm³/mol. The van der Waals surface area contributed by atoms with Crippen molar-refractivity contribution in [1.82, 2.24) is 20.6 Å². The highest BCUT2D eigenvalue weighted by Gasteiger charge is 2.22. The molecule has 1 aromatic heterocycles. The molecule has 0 saturated carbocycles. The molecule has 0 radical (unpaired) electrons. The van der Waals surface area contributed by atoms with E-state index in [0.717, 1.165) is 0 Å². The van der Waals surface area contributed by atoms with Crippen molar-refractivity contribution in [3.8, 4) is 0 Å². The molecule has 2 rings (SSSR count). The second-order valence-corrected chi connectivity index (χ2v) is 5.19. The monoisotopic (exact) mass is 330 g/mol. The zero-order chi connectivity index (χ0) is 17.7. The summed E-state index contributed by atoms with van der Waals surface area (Å²) in [6, 6.07) is 5.50.